The molecule has 108 valence electrons. The Morgan fingerprint density at radius 3 is 2.40 bits per heavy atom. The van der Waals surface area contributed by atoms with Crippen molar-refractivity contribution in [2.75, 3.05) is 14.1 Å². The van der Waals surface area contributed by atoms with Crippen molar-refractivity contribution < 1.29 is 22.9 Å². The fraction of sp³-hybridized carbons (Fsp3) is 0.250. The number of rotatable bonds is 4. The Bertz CT molecular complexity index is 566. The van der Waals surface area contributed by atoms with Crippen LogP contribution in [0.1, 0.15) is 15.9 Å². The van der Waals surface area contributed by atoms with Gasteiger partial charge in [-0.2, -0.15) is 13.2 Å². The highest BCUT2D eigenvalue weighted by Gasteiger charge is 2.33. The van der Waals surface area contributed by atoms with Crippen LogP contribution >= 0.6 is 0 Å². The zero-order valence-electron chi connectivity index (χ0n) is 10.6. The second kappa shape index (κ2) is 5.72. The summed E-state index contributed by atoms with van der Waals surface area (Å²) >= 11 is 0. The molecule has 0 bridgehead atoms. The molecule has 0 N–H and O–H groups in total. The van der Waals surface area contributed by atoms with Gasteiger partial charge in [-0.15, -0.1) is 0 Å². The van der Waals surface area contributed by atoms with Crippen molar-refractivity contribution in [2.45, 2.75) is 6.18 Å². The lowest BCUT2D eigenvalue weighted by atomic mass is 10.0. The number of halogens is 3. The predicted octanol–water partition coefficient (Wildman–Crippen LogP) is 2.87. The van der Waals surface area contributed by atoms with Crippen LogP contribution in [-0.2, 0) is 6.18 Å². The Hall–Kier alpha value is -2.38. The summed E-state index contributed by atoms with van der Waals surface area (Å²) in [5, 5.41) is 10.8. The molecular weight excluding hydrogens is 277 g/mol. The molecule has 0 amide bonds. The minimum Gasteiger partial charge on any atom is -0.383 e. The zero-order chi connectivity index (χ0) is 15.5. The molecule has 8 heteroatoms. The van der Waals surface area contributed by atoms with E-state index in [0.29, 0.717) is 12.1 Å². The van der Waals surface area contributed by atoms with Crippen molar-refractivity contribution in [1.82, 2.24) is 4.90 Å². The first-order chi connectivity index (χ1) is 9.12. The molecule has 1 aromatic carbocycles. The zero-order valence-corrected chi connectivity index (χ0v) is 10.6. The number of hydrogen-bond acceptors (Lipinski definition) is 4. The van der Waals surface area contributed by atoms with Gasteiger partial charge in [0.25, 0.3) is 5.69 Å². The van der Waals surface area contributed by atoms with Crippen LogP contribution in [0, 0.1) is 10.1 Å². The number of nitro benzene ring substituents is 1. The van der Waals surface area contributed by atoms with E-state index >= 15 is 0 Å². The van der Waals surface area contributed by atoms with Gasteiger partial charge in [-0.1, -0.05) is 0 Å². The largest absolute Gasteiger partial charge is 0.416 e. The molecule has 0 spiro atoms. The van der Waals surface area contributed by atoms with Crippen molar-refractivity contribution >= 4 is 11.5 Å². The number of nitrogens with zero attached hydrogens (tertiary/aromatic N) is 2. The van der Waals surface area contributed by atoms with E-state index in [1.54, 1.807) is 14.1 Å². The molecule has 0 radical (unpaired) electrons. The number of nitro groups is 1. The second-order valence-electron chi connectivity index (χ2n) is 4.13. The molecule has 0 aliphatic rings. The van der Waals surface area contributed by atoms with Crippen LogP contribution in [0.4, 0.5) is 18.9 Å². The lowest BCUT2D eigenvalue weighted by Crippen LogP contribution is -2.09. The van der Waals surface area contributed by atoms with Crippen LogP contribution in [0.5, 0.6) is 0 Å². The van der Waals surface area contributed by atoms with Crippen molar-refractivity contribution in [3.05, 3.63) is 51.7 Å². The topological polar surface area (TPSA) is 63.5 Å². The Kier molecular flexibility index (Phi) is 4.49. The highest BCUT2D eigenvalue weighted by atomic mass is 19.4. The first-order valence-corrected chi connectivity index (χ1v) is 5.37. The number of ketones is 1. The molecule has 0 heterocycles. The molecule has 0 fully saturated rings. The van der Waals surface area contributed by atoms with Gasteiger partial charge in [0.05, 0.1) is 16.1 Å². The van der Waals surface area contributed by atoms with Gasteiger partial charge in [0.15, 0.2) is 5.78 Å². The van der Waals surface area contributed by atoms with Crippen LogP contribution in [-0.4, -0.2) is 29.7 Å². The average molecular weight is 288 g/mol. The second-order valence-corrected chi connectivity index (χ2v) is 4.13. The van der Waals surface area contributed by atoms with E-state index in [1.807, 2.05) is 0 Å². The summed E-state index contributed by atoms with van der Waals surface area (Å²) in [5.74, 6) is -0.737. The molecule has 1 rings (SSSR count). The molecule has 20 heavy (non-hydrogen) atoms. The van der Waals surface area contributed by atoms with Crippen LogP contribution in [0.15, 0.2) is 30.5 Å². The molecule has 0 atom stereocenters. The molecular formula is C12H11F3N2O3. The first-order valence-electron chi connectivity index (χ1n) is 5.37. The summed E-state index contributed by atoms with van der Waals surface area (Å²) < 4.78 is 37.5. The number of benzene rings is 1. The average Bonchev–Trinajstić information content (AvgIpc) is 2.33. The van der Waals surface area contributed by atoms with Crippen LogP contribution in [0.3, 0.4) is 0 Å². The van der Waals surface area contributed by atoms with Crippen molar-refractivity contribution in [2.24, 2.45) is 0 Å². The lowest BCUT2D eigenvalue weighted by Gasteiger charge is -2.08. The van der Waals surface area contributed by atoms with Gasteiger partial charge < -0.3 is 4.90 Å². The summed E-state index contributed by atoms with van der Waals surface area (Å²) in [6.07, 6.45) is -2.30. The molecule has 5 nitrogen and oxygen atoms in total. The Morgan fingerprint density at radius 1 is 1.35 bits per heavy atom. The summed E-state index contributed by atoms with van der Waals surface area (Å²) in [4.78, 5) is 23.0. The molecule has 0 aromatic heterocycles. The fourth-order valence-corrected chi connectivity index (χ4v) is 1.37. The summed E-state index contributed by atoms with van der Waals surface area (Å²) in [6, 6.07) is 1.81. The van der Waals surface area contributed by atoms with Crippen LogP contribution < -0.4 is 0 Å². The summed E-state index contributed by atoms with van der Waals surface area (Å²) in [7, 11) is 3.26. The Balaban J connectivity index is 3.28. The Labute approximate surface area is 112 Å². The Morgan fingerprint density at radius 2 is 1.95 bits per heavy atom. The minimum absolute atomic E-state index is 0.358. The van der Waals surface area contributed by atoms with Gasteiger partial charge in [-0.05, 0) is 12.1 Å². The standard InChI is InChI=1S/C12H11F3N2O3/c1-16(2)6-5-11(18)9-4-3-8(12(13,14)15)7-10(9)17(19)20/h3-7H,1-2H3. The first kappa shape index (κ1) is 15.7. The normalized spacial score (nSPS) is 11.7. The smallest absolute Gasteiger partial charge is 0.383 e. The van der Waals surface area contributed by atoms with Gasteiger partial charge in [-0.25, -0.2) is 0 Å². The van der Waals surface area contributed by atoms with Crippen molar-refractivity contribution in [3.8, 4) is 0 Å². The highest BCUT2D eigenvalue weighted by Crippen LogP contribution is 2.33. The fourth-order valence-electron chi connectivity index (χ4n) is 1.37. The maximum absolute atomic E-state index is 12.5. The van der Waals surface area contributed by atoms with E-state index in [1.165, 1.54) is 11.1 Å². The van der Waals surface area contributed by atoms with E-state index in [9.17, 15) is 28.1 Å². The maximum atomic E-state index is 12.5. The van der Waals surface area contributed by atoms with E-state index in [-0.39, 0.29) is 5.56 Å². The molecule has 1 aromatic rings. The van der Waals surface area contributed by atoms with Gasteiger partial charge in [0, 0.05) is 32.4 Å². The number of carbonyl (C=O) groups is 1. The minimum atomic E-state index is -4.70. The SMILES string of the molecule is CN(C)C=CC(=O)c1ccc(C(F)(F)F)cc1[N+](=O)[O-]. The number of allylic oxidation sites excluding steroid dienone is 1. The van der Waals surface area contributed by atoms with E-state index < -0.39 is 28.1 Å². The highest BCUT2D eigenvalue weighted by molar-refractivity contribution is 6.07. The molecule has 0 unspecified atom stereocenters. The third-order valence-electron chi connectivity index (χ3n) is 2.31. The summed E-state index contributed by atoms with van der Waals surface area (Å²) in [6.45, 7) is 0. The molecule has 0 saturated carbocycles. The number of carbonyl (C=O) groups excluding carboxylic acids is 1. The van der Waals surface area contributed by atoms with Gasteiger partial charge in [-0.3, -0.25) is 14.9 Å². The van der Waals surface area contributed by atoms with Crippen LogP contribution in [0.25, 0.3) is 0 Å². The van der Waals surface area contributed by atoms with E-state index in [4.69, 9.17) is 0 Å². The number of hydrogen-bond donors (Lipinski definition) is 0. The number of alkyl halides is 3. The van der Waals surface area contributed by atoms with Crippen molar-refractivity contribution in [3.63, 3.8) is 0 Å². The van der Waals surface area contributed by atoms with Gasteiger partial charge >= 0.3 is 6.18 Å². The molecule has 0 aliphatic carbocycles. The monoisotopic (exact) mass is 288 g/mol. The lowest BCUT2D eigenvalue weighted by molar-refractivity contribution is -0.385. The van der Waals surface area contributed by atoms with E-state index in [0.717, 1.165) is 12.1 Å². The predicted molar refractivity (Wildman–Crippen MR) is 65.3 cm³/mol. The van der Waals surface area contributed by atoms with Gasteiger partial charge in [0.1, 0.15) is 0 Å². The molecule has 0 aliphatic heterocycles. The quantitative estimate of drug-likeness (QED) is 0.370. The maximum Gasteiger partial charge on any atom is 0.416 e. The third kappa shape index (κ3) is 3.81. The molecule has 0 saturated heterocycles. The third-order valence-corrected chi connectivity index (χ3v) is 2.31. The van der Waals surface area contributed by atoms with Gasteiger partial charge in [0.2, 0.25) is 0 Å². The van der Waals surface area contributed by atoms with Crippen molar-refractivity contribution in [1.29, 1.82) is 0 Å². The van der Waals surface area contributed by atoms with Crippen LogP contribution in [0.2, 0.25) is 0 Å². The summed E-state index contributed by atoms with van der Waals surface area (Å²) in [5.41, 5.74) is -2.42. The van der Waals surface area contributed by atoms with E-state index in [2.05, 4.69) is 0 Å².